The van der Waals surface area contributed by atoms with E-state index in [2.05, 4.69) is 193 Å². The minimum absolute atomic E-state index is 0.213. The van der Waals surface area contributed by atoms with E-state index in [1.165, 1.54) is 26.7 Å². The summed E-state index contributed by atoms with van der Waals surface area (Å²) in [6, 6.07) is 60.4. The highest BCUT2D eigenvalue weighted by Crippen LogP contribution is 2.45. The molecule has 8 aromatic rings. The molecule has 0 fully saturated rings. The second-order valence-corrected chi connectivity index (χ2v) is 26.3. The summed E-state index contributed by atoms with van der Waals surface area (Å²) in [5, 5.41) is 16.9. The summed E-state index contributed by atoms with van der Waals surface area (Å²) in [5.74, 6) is 0.213. The molecule has 268 valence electrons. The lowest BCUT2D eigenvalue weighted by atomic mass is 10.1. The molecule has 0 aliphatic carbocycles. The summed E-state index contributed by atoms with van der Waals surface area (Å²) in [5.41, 5.74) is 9.15. The van der Waals surface area contributed by atoms with Crippen molar-refractivity contribution in [3.8, 4) is 11.4 Å². The first kappa shape index (κ1) is 35.2. The van der Waals surface area contributed by atoms with Gasteiger partial charge in [-0.15, -0.1) is 0 Å². The zero-order valence-corrected chi connectivity index (χ0v) is 34.0. The van der Waals surface area contributed by atoms with Gasteiger partial charge in [-0.2, -0.15) is 0 Å². The van der Waals surface area contributed by atoms with Crippen molar-refractivity contribution in [2.24, 2.45) is 0 Å². The number of benzene rings is 7. The molecule has 1 N–H and O–H groups in total. The van der Waals surface area contributed by atoms with Crippen molar-refractivity contribution < 1.29 is 5.11 Å². The Morgan fingerprint density at radius 2 is 0.870 bits per heavy atom. The first-order valence-corrected chi connectivity index (χ1v) is 25.8. The SMILES string of the molecule is C[Si](C)(C)c1ccc(N(c2ccc(O)c(N(c3ccccc3)c3ccc([Si](C)(C)C)cc3)c2)c2ccc3c4ccccc4n(-c4ccccc4)c3c2)cc1. The fourth-order valence-electron chi connectivity index (χ4n) is 7.46. The van der Waals surface area contributed by atoms with E-state index in [9.17, 15) is 5.11 Å². The smallest absolute Gasteiger partial charge is 0.139 e. The lowest BCUT2D eigenvalue weighted by molar-refractivity contribution is 0.476. The molecule has 6 heteroatoms. The normalized spacial score (nSPS) is 12.0. The summed E-state index contributed by atoms with van der Waals surface area (Å²) in [7, 11) is -3.04. The molecule has 8 rings (SSSR count). The first-order valence-electron chi connectivity index (χ1n) is 18.8. The summed E-state index contributed by atoms with van der Waals surface area (Å²) in [6.45, 7) is 14.3. The Labute approximate surface area is 321 Å². The first-order chi connectivity index (χ1) is 26.0. The molecule has 0 bridgehead atoms. The van der Waals surface area contributed by atoms with Gasteiger partial charge in [0.15, 0.2) is 0 Å². The zero-order chi connectivity index (χ0) is 37.6. The van der Waals surface area contributed by atoms with Crippen molar-refractivity contribution in [2.75, 3.05) is 9.80 Å². The third kappa shape index (κ3) is 6.63. The molecule has 0 saturated heterocycles. The van der Waals surface area contributed by atoms with E-state index < -0.39 is 16.1 Å². The van der Waals surface area contributed by atoms with Gasteiger partial charge < -0.3 is 19.5 Å². The van der Waals surface area contributed by atoms with Crippen LogP contribution < -0.4 is 20.2 Å². The van der Waals surface area contributed by atoms with Crippen molar-refractivity contribution in [1.82, 2.24) is 4.57 Å². The number of hydrogen-bond acceptors (Lipinski definition) is 3. The van der Waals surface area contributed by atoms with Crippen LogP contribution in [-0.4, -0.2) is 25.8 Å². The second kappa shape index (κ2) is 13.9. The summed E-state index contributed by atoms with van der Waals surface area (Å²) in [6.07, 6.45) is 0. The van der Waals surface area contributed by atoms with Crippen LogP contribution >= 0.6 is 0 Å². The number of phenolic OH excluding ortho intramolecular Hbond substituents is 1. The number of nitrogens with zero attached hydrogens (tertiary/aromatic N) is 3. The third-order valence-electron chi connectivity index (χ3n) is 10.4. The average Bonchev–Trinajstić information content (AvgIpc) is 3.50. The number of aromatic nitrogens is 1. The fourth-order valence-corrected chi connectivity index (χ4v) is 9.79. The maximum absolute atomic E-state index is 11.7. The molecule has 0 spiro atoms. The van der Waals surface area contributed by atoms with Gasteiger partial charge in [-0.1, -0.05) is 135 Å². The van der Waals surface area contributed by atoms with Crippen LogP contribution in [0.15, 0.2) is 170 Å². The molecule has 1 heterocycles. The fraction of sp³-hybridized carbons (Fsp3) is 0.125. The number of para-hydroxylation sites is 3. The van der Waals surface area contributed by atoms with Gasteiger partial charge in [-0.25, -0.2) is 0 Å². The van der Waals surface area contributed by atoms with Crippen molar-refractivity contribution in [3.63, 3.8) is 0 Å². The minimum atomic E-state index is -1.53. The Morgan fingerprint density at radius 3 is 1.48 bits per heavy atom. The van der Waals surface area contributed by atoms with Crippen LogP contribution in [0, 0.1) is 0 Å². The Hall–Kier alpha value is -5.83. The molecule has 54 heavy (non-hydrogen) atoms. The van der Waals surface area contributed by atoms with Crippen molar-refractivity contribution >= 4 is 82.5 Å². The lowest BCUT2D eigenvalue weighted by Crippen LogP contribution is -2.37. The van der Waals surface area contributed by atoms with E-state index in [4.69, 9.17) is 0 Å². The number of anilines is 6. The van der Waals surface area contributed by atoms with E-state index in [1.54, 1.807) is 0 Å². The highest BCUT2D eigenvalue weighted by molar-refractivity contribution is 6.89. The van der Waals surface area contributed by atoms with Gasteiger partial charge in [0.05, 0.1) is 32.9 Å². The van der Waals surface area contributed by atoms with E-state index in [1.807, 2.05) is 30.3 Å². The molecule has 0 unspecified atom stereocenters. The maximum Gasteiger partial charge on any atom is 0.139 e. The number of aromatic hydroxyl groups is 1. The monoisotopic (exact) mass is 737 g/mol. The molecule has 0 amide bonds. The largest absolute Gasteiger partial charge is 0.506 e. The molecule has 0 aliphatic heterocycles. The van der Waals surface area contributed by atoms with Gasteiger partial charge in [-0.05, 0) is 84.9 Å². The van der Waals surface area contributed by atoms with Crippen LogP contribution in [-0.2, 0) is 0 Å². The van der Waals surface area contributed by atoms with E-state index in [0.717, 1.165) is 39.6 Å². The lowest BCUT2D eigenvalue weighted by Gasteiger charge is -2.30. The standard InChI is InChI=1S/C48H47N3OSi2/c1-53(2,3)41-27-21-37(22-28-41)49(39-25-31-44-43-19-13-14-20-45(43)51(46(44)33-39)36-17-11-8-12-18-36)40-26-32-48(52)47(34-40)50(35-15-9-7-10-16-35)38-23-29-42(30-24-38)54(4,5)6/h7-34,52H,1-6H3. The van der Waals surface area contributed by atoms with Crippen molar-refractivity contribution in [2.45, 2.75) is 39.3 Å². The van der Waals surface area contributed by atoms with E-state index in [-0.39, 0.29) is 5.75 Å². The number of hydrogen-bond donors (Lipinski definition) is 1. The molecular weight excluding hydrogens is 691 g/mol. The predicted octanol–water partition coefficient (Wildman–Crippen LogP) is 12.5. The summed E-state index contributed by atoms with van der Waals surface area (Å²) in [4.78, 5) is 4.48. The Morgan fingerprint density at radius 1 is 0.407 bits per heavy atom. The van der Waals surface area contributed by atoms with Crippen LogP contribution in [0.25, 0.3) is 27.5 Å². The molecule has 1 aromatic heterocycles. The quantitative estimate of drug-likeness (QED) is 0.150. The van der Waals surface area contributed by atoms with Crippen molar-refractivity contribution in [3.05, 3.63) is 170 Å². The number of rotatable bonds is 9. The Balaban J connectivity index is 1.34. The highest BCUT2D eigenvalue weighted by atomic mass is 28.3. The van der Waals surface area contributed by atoms with Crippen molar-refractivity contribution in [1.29, 1.82) is 0 Å². The number of phenols is 1. The minimum Gasteiger partial charge on any atom is -0.506 e. The van der Waals surface area contributed by atoms with Crippen LogP contribution in [0.5, 0.6) is 5.75 Å². The predicted molar refractivity (Wildman–Crippen MR) is 238 cm³/mol. The second-order valence-electron chi connectivity index (χ2n) is 16.2. The Kier molecular flexibility index (Phi) is 9.04. The number of fused-ring (bicyclic) bond motifs is 3. The molecule has 4 nitrogen and oxygen atoms in total. The van der Waals surface area contributed by atoms with Crippen LogP contribution in [0.3, 0.4) is 0 Å². The molecule has 7 aromatic carbocycles. The highest BCUT2D eigenvalue weighted by Gasteiger charge is 2.24. The summed E-state index contributed by atoms with van der Waals surface area (Å²) >= 11 is 0. The van der Waals surface area contributed by atoms with Gasteiger partial charge in [0.1, 0.15) is 5.75 Å². The molecular formula is C48H47N3OSi2. The summed E-state index contributed by atoms with van der Waals surface area (Å²) < 4.78 is 2.37. The molecule has 0 atom stereocenters. The zero-order valence-electron chi connectivity index (χ0n) is 32.0. The van der Waals surface area contributed by atoms with Crippen LogP contribution in [0.2, 0.25) is 39.3 Å². The average molecular weight is 738 g/mol. The third-order valence-corrected chi connectivity index (χ3v) is 14.5. The van der Waals surface area contributed by atoms with Gasteiger partial charge in [0, 0.05) is 44.9 Å². The molecule has 0 radical (unpaired) electrons. The van der Waals surface area contributed by atoms with Gasteiger partial charge in [0.2, 0.25) is 0 Å². The Bertz CT molecular complexity index is 2570. The molecule has 0 saturated carbocycles. The van der Waals surface area contributed by atoms with Crippen LogP contribution in [0.4, 0.5) is 34.1 Å². The van der Waals surface area contributed by atoms with E-state index >= 15 is 0 Å². The maximum atomic E-state index is 11.7. The topological polar surface area (TPSA) is 31.6 Å². The van der Waals surface area contributed by atoms with Gasteiger partial charge in [0.25, 0.3) is 0 Å². The molecule has 0 aliphatic rings. The van der Waals surface area contributed by atoms with Gasteiger partial charge in [-0.3, -0.25) is 0 Å². The van der Waals surface area contributed by atoms with Crippen LogP contribution in [0.1, 0.15) is 0 Å². The van der Waals surface area contributed by atoms with E-state index in [0.29, 0.717) is 5.69 Å². The van der Waals surface area contributed by atoms with Gasteiger partial charge >= 0.3 is 0 Å².